The van der Waals surface area contributed by atoms with Crippen LogP contribution >= 0.6 is 11.3 Å². The SMILES string of the molecule is c1coc(-c2nonc2-c2nccs2)n1. The number of thiazole rings is 1. The van der Waals surface area contributed by atoms with E-state index in [1.807, 2.05) is 5.38 Å². The van der Waals surface area contributed by atoms with Crippen molar-refractivity contribution < 1.29 is 9.05 Å². The van der Waals surface area contributed by atoms with E-state index in [1.54, 1.807) is 6.20 Å². The smallest absolute Gasteiger partial charge is 0.251 e. The van der Waals surface area contributed by atoms with Gasteiger partial charge in [-0.25, -0.2) is 14.6 Å². The maximum absolute atomic E-state index is 5.12. The van der Waals surface area contributed by atoms with Gasteiger partial charge in [-0.1, -0.05) is 0 Å². The summed E-state index contributed by atoms with van der Waals surface area (Å²) in [6.07, 6.45) is 4.69. The zero-order valence-corrected chi connectivity index (χ0v) is 8.14. The Labute approximate surface area is 87.6 Å². The van der Waals surface area contributed by atoms with Crippen LogP contribution in [0.15, 0.2) is 33.1 Å². The largest absolute Gasteiger partial charge is 0.443 e. The lowest BCUT2D eigenvalue weighted by Crippen LogP contribution is -1.82. The van der Waals surface area contributed by atoms with Crippen LogP contribution in [0, 0.1) is 0 Å². The van der Waals surface area contributed by atoms with Crippen molar-refractivity contribution in [2.75, 3.05) is 0 Å². The summed E-state index contributed by atoms with van der Waals surface area (Å²) >= 11 is 1.45. The van der Waals surface area contributed by atoms with E-state index in [2.05, 4.69) is 24.9 Å². The first kappa shape index (κ1) is 8.30. The second kappa shape index (κ2) is 3.28. The first-order valence-electron chi connectivity index (χ1n) is 4.07. The van der Waals surface area contributed by atoms with Gasteiger partial charge in [0, 0.05) is 11.6 Å². The minimum Gasteiger partial charge on any atom is -0.443 e. The van der Waals surface area contributed by atoms with E-state index in [-0.39, 0.29) is 0 Å². The fourth-order valence-electron chi connectivity index (χ4n) is 1.15. The molecule has 0 bridgehead atoms. The molecule has 0 amide bonds. The molecule has 7 heteroatoms. The number of oxazole rings is 1. The lowest BCUT2D eigenvalue weighted by Gasteiger charge is -1.88. The molecule has 0 aliphatic heterocycles. The van der Waals surface area contributed by atoms with E-state index < -0.39 is 0 Å². The number of hydrogen-bond donors (Lipinski definition) is 0. The average Bonchev–Trinajstić information content (AvgIpc) is 3.01. The Hall–Kier alpha value is -2.02. The summed E-state index contributed by atoms with van der Waals surface area (Å²) in [6, 6.07) is 0. The van der Waals surface area contributed by atoms with E-state index in [0.717, 1.165) is 5.01 Å². The van der Waals surface area contributed by atoms with Gasteiger partial charge in [0.2, 0.25) is 5.69 Å². The first-order chi connectivity index (χ1) is 7.45. The number of nitrogens with zero attached hydrogens (tertiary/aromatic N) is 4. The van der Waals surface area contributed by atoms with Crippen LogP contribution < -0.4 is 0 Å². The lowest BCUT2D eigenvalue weighted by molar-refractivity contribution is 0.309. The fraction of sp³-hybridized carbons (Fsp3) is 0. The molecule has 0 spiro atoms. The van der Waals surface area contributed by atoms with Crippen molar-refractivity contribution >= 4 is 11.3 Å². The fourth-order valence-corrected chi connectivity index (χ4v) is 1.77. The molecule has 0 atom stereocenters. The molecular formula is C8H4N4O2S. The monoisotopic (exact) mass is 220 g/mol. The summed E-state index contributed by atoms with van der Waals surface area (Å²) in [4.78, 5) is 8.09. The molecule has 0 unspecified atom stereocenters. The summed E-state index contributed by atoms with van der Waals surface area (Å²) in [6.45, 7) is 0. The van der Waals surface area contributed by atoms with Gasteiger partial charge in [-0.15, -0.1) is 11.3 Å². The van der Waals surface area contributed by atoms with Crippen LogP contribution in [0.25, 0.3) is 22.3 Å². The lowest BCUT2D eigenvalue weighted by atomic mass is 10.3. The maximum Gasteiger partial charge on any atom is 0.251 e. The van der Waals surface area contributed by atoms with Crippen molar-refractivity contribution in [2.45, 2.75) is 0 Å². The van der Waals surface area contributed by atoms with Crippen LogP contribution in [0.5, 0.6) is 0 Å². The van der Waals surface area contributed by atoms with Crippen LogP contribution in [0.4, 0.5) is 0 Å². The minimum absolute atomic E-state index is 0.376. The average molecular weight is 220 g/mol. The molecule has 74 valence electrons. The summed E-state index contributed by atoms with van der Waals surface area (Å²) < 4.78 is 9.78. The second-order valence-corrected chi connectivity index (χ2v) is 3.53. The highest BCUT2D eigenvalue weighted by molar-refractivity contribution is 7.13. The number of rotatable bonds is 2. The molecule has 3 aromatic heterocycles. The molecule has 3 aromatic rings. The van der Waals surface area contributed by atoms with Crippen LogP contribution in [0.3, 0.4) is 0 Å². The molecule has 3 heterocycles. The molecule has 6 nitrogen and oxygen atoms in total. The van der Waals surface area contributed by atoms with E-state index in [1.165, 1.54) is 23.8 Å². The van der Waals surface area contributed by atoms with E-state index in [4.69, 9.17) is 4.42 Å². The van der Waals surface area contributed by atoms with Crippen molar-refractivity contribution in [3.63, 3.8) is 0 Å². The first-order valence-corrected chi connectivity index (χ1v) is 4.95. The van der Waals surface area contributed by atoms with Crippen molar-refractivity contribution in [1.82, 2.24) is 20.3 Å². The number of aromatic nitrogens is 4. The van der Waals surface area contributed by atoms with E-state index in [0.29, 0.717) is 17.3 Å². The third-order valence-electron chi connectivity index (χ3n) is 1.76. The summed E-state index contributed by atoms with van der Waals surface area (Å²) in [7, 11) is 0. The molecule has 0 saturated heterocycles. The Balaban J connectivity index is 2.15. The quantitative estimate of drug-likeness (QED) is 0.655. The molecule has 3 rings (SSSR count). The highest BCUT2D eigenvalue weighted by atomic mass is 32.1. The highest BCUT2D eigenvalue weighted by Crippen LogP contribution is 2.28. The van der Waals surface area contributed by atoms with E-state index >= 15 is 0 Å². The van der Waals surface area contributed by atoms with E-state index in [9.17, 15) is 0 Å². The van der Waals surface area contributed by atoms with Crippen LogP contribution in [-0.4, -0.2) is 20.3 Å². The molecule has 0 N–H and O–H groups in total. The predicted octanol–water partition coefficient (Wildman–Crippen LogP) is 1.85. The zero-order chi connectivity index (χ0) is 10.1. The predicted molar refractivity (Wildman–Crippen MR) is 50.9 cm³/mol. The number of hydrogen-bond acceptors (Lipinski definition) is 7. The van der Waals surface area contributed by atoms with Gasteiger partial charge in [-0.05, 0) is 10.3 Å². The van der Waals surface area contributed by atoms with Crippen LogP contribution in [0.1, 0.15) is 0 Å². The third-order valence-corrected chi connectivity index (χ3v) is 2.54. The Morgan fingerprint density at radius 3 is 2.73 bits per heavy atom. The zero-order valence-electron chi connectivity index (χ0n) is 7.32. The van der Waals surface area contributed by atoms with Crippen molar-refractivity contribution in [2.24, 2.45) is 0 Å². The molecule has 15 heavy (non-hydrogen) atoms. The normalized spacial score (nSPS) is 10.7. The molecule has 0 radical (unpaired) electrons. The van der Waals surface area contributed by atoms with Gasteiger partial charge in [0.15, 0.2) is 5.69 Å². The standard InChI is InChI=1S/C8H4N4O2S/c1-3-13-7(9-1)5-6(12-14-11-5)8-10-2-4-15-8/h1-4H. The molecule has 0 saturated carbocycles. The molecule has 0 aromatic carbocycles. The van der Waals surface area contributed by atoms with Crippen molar-refractivity contribution in [3.8, 4) is 22.3 Å². The highest BCUT2D eigenvalue weighted by Gasteiger charge is 2.19. The van der Waals surface area contributed by atoms with Crippen LogP contribution in [-0.2, 0) is 0 Å². The topological polar surface area (TPSA) is 77.8 Å². The third kappa shape index (κ3) is 1.33. The molecule has 0 aliphatic rings. The summed E-state index contributed by atoms with van der Waals surface area (Å²) in [5.41, 5.74) is 1.02. The van der Waals surface area contributed by atoms with Gasteiger partial charge in [-0.3, -0.25) is 0 Å². The molecular weight excluding hydrogens is 216 g/mol. The van der Waals surface area contributed by atoms with Gasteiger partial charge >= 0.3 is 0 Å². The van der Waals surface area contributed by atoms with Gasteiger partial charge in [0.1, 0.15) is 11.3 Å². The maximum atomic E-state index is 5.12. The summed E-state index contributed by atoms with van der Waals surface area (Å²) in [5, 5.41) is 10.1. The molecule has 0 fully saturated rings. The Morgan fingerprint density at radius 2 is 2.00 bits per heavy atom. The van der Waals surface area contributed by atoms with Gasteiger partial charge in [0.05, 0.1) is 6.20 Å². The van der Waals surface area contributed by atoms with Crippen molar-refractivity contribution in [3.05, 3.63) is 24.0 Å². The van der Waals surface area contributed by atoms with Gasteiger partial charge < -0.3 is 4.42 Å². The minimum atomic E-state index is 0.376. The van der Waals surface area contributed by atoms with Gasteiger partial charge in [-0.2, -0.15) is 0 Å². The Kier molecular flexibility index (Phi) is 1.82. The molecule has 0 aliphatic carbocycles. The Morgan fingerprint density at radius 1 is 1.07 bits per heavy atom. The van der Waals surface area contributed by atoms with Crippen LogP contribution in [0.2, 0.25) is 0 Å². The van der Waals surface area contributed by atoms with Gasteiger partial charge in [0.25, 0.3) is 5.89 Å². The summed E-state index contributed by atoms with van der Waals surface area (Å²) in [5.74, 6) is 0.376. The second-order valence-electron chi connectivity index (χ2n) is 2.64. The van der Waals surface area contributed by atoms with Crippen molar-refractivity contribution in [1.29, 1.82) is 0 Å². The Bertz CT molecular complexity index is 494.